The van der Waals surface area contributed by atoms with Crippen molar-refractivity contribution in [3.8, 4) is 5.75 Å². The molecule has 3 aromatic rings. The summed E-state index contributed by atoms with van der Waals surface area (Å²) < 4.78 is 32.7. The van der Waals surface area contributed by atoms with Crippen LogP contribution in [-0.4, -0.2) is 49.3 Å². The molecular weight excluding hydrogens is 516 g/mol. The number of aryl methyl sites for hydroxylation is 1. The number of methoxy groups -OCH3 is 1. The zero-order valence-electron chi connectivity index (χ0n) is 22.2. The van der Waals surface area contributed by atoms with E-state index in [9.17, 15) is 18.0 Å². The van der Waals surface area contributed by atoms with Crippen LogP contribution in [0.25, 0.3) is 0 Å². The third kappa shape index (κ3) is 8.11. The minimum absolute atomic E-state index is 0.0351. The zero-order valence-corrected chi connectivity index (χ0v) is 23.0. The van der Waals surface area contributed by atoms with Crippen LogP contribution < -0.4 is 14.8 Å². The Morgan fingerprint density at radius 1 is 0.974 bits per heavy atom. The summed E-state index contributed by atoms with van der Waals surface area (Å²) in [7, 11) is -1.94. The van der Waals surface area contributed by atoms with Gasteiger partial charge in [0.25, 0.3) is 0 Å². The predicted octanol–water partition coefficient (Wildman–Crippen LogP) is 3.20. The standard InChI is InChI=1S/C29H34N4O5S/c1-21(29(35)31-19-23-15-17-30-18-16-23)33(20-24-3-10-26(38-2)11-4-24)28(34)14-7-22-5-12-27(13-6-22)39(36,37)32-25-8-9-25/h3-6,10-13,15-18,21,25,32H,7-9,14,19-20H2,1-2H3,(H,31,35)/t21-/m0/s1. The smallest absolute Gasteiger partial charge is 0.242 e. The molecule has 1 fully saturated rings. The van der Waals surface area contributed by atoms with Gasteiger partial charge in [0.1, 0.15) is 11.8 Å². The van der Waals surface area contributed by atoms with Gasteiger partial charge in [0.15, 0.2) is 0 Å². The van der Waals surface area contributed by atoms with Crippen molar-refractivity contribution >= 4 is 21.8 Å². The maximum Gasteiger partial charge on any atom is 0.242 e. The first-order valence-electron chi connectivity index (χ1n) is 13.0. The van der Waals surface area contributed by atoms with Crippen molar-refractivity contribution in [3.63, 3.8) is 0 Å². The molecule has 1 heterocycles. The Morgan fingerprint density at radius 2 is 1.62 bits per heavy atom. The Hall–Kier alpha value is -3.76. The number of hydrogen-bond donors (Lipinski definition) is 2. The quantitative estimate of drug-likeness (QED) is 0.338. The second-order valence-corrected chi connectivity index (χ2v) is 11.4. The summed E-state index contributed by atoms with van der Waals surface area (Å²) in [5, 5.41) is 2.91. The van der Waals surface area contributed by atoms with E-state index in [4.69, 9.17) is 4.74 Å². The molecule has 0 unspecified atom stereocenters. The molecule has 1 saturated carbocycles. The summed E-state index contributed by atoms with van der Waals surface area (Å²) in [5.74, 6) is 0.272. The van der Waals surface area contributed by atoms with Gasteiger partial charge < -0.3 is 15.0 Å². The van der Waals surface area contributed by atoms with Crippen LogP contribution >= 0.6 is 0 Å². The van der Waals surface area contributed by atoms with E-state index in [-0.39, 0.29) is 35.7 Å². The van der Waals surface area contributed by atoms with Gasteiger partial charge in [-0.25, -0.2) is 13.1 Å². The number of nitrogens with one attached hydrogen (secondary N) is 2. The van der Waals surface area contributed by atoms with Crippen LogP contribution in [0.2, 0.25) is 0 Å². The summed E-state index contributed by atoms with van der Waals surface area (Å²) in [5.41, 5.74) is 2.62. The number of sulfonamides is 1. The van der Waals surface area contributed by atoms with Crippen molar-refractivity contribution in [1.82, 2.24) is 19.9 Å². The maximum atomic E-state index is 13.4. The molecule has 1 aliphatic rings. The van der Waals surface area contributed by atoms with E-state index in [1.807, 2.05) is 36.4 Å². The van der Waals surface area contributed by atoms with E-state index in [1.165, 1.54) is 0 Å². The minimum Gasteiger partial charge on any atom is -0.497 e. The Balaban J connectivity index is 1.42. The maximum absolute atomic E-state index is 13.4. The van der Waals surface area contributed by atoms with Crippen molar-refractivity contribution < 1.29 is 22.7 Å². The van der Waals surface area contributed by atoms with Gasteiger partial charge in [0.05, 0.1) is 12.0 Å². The fraction of sp³-hybridized carbons (Fsp3) is 0.345. The Bertz CT molecular complexity index is 1360. The van der Waals surface area contributed by atoms with Gasteiger partial charge in [-0.3, -0.25) is 14.6 Å². The van der Waals surface area contributed by atoms with Gasteiger partial charge in [-0.15, -0.1) is 0 Å². The van der Waals surface area contributed by atoms with Gasteiger partial charge in [0.2, 0.25) is 21.8 Å². The highest BCUT2D eigenvalue weighted by Gasteiger charge is 2.28. The number of nitrogens with zero attached hydrogens (tertiary/aromatic N) is 2. The van der Waals surface area contributed by atoms with Crippen molar-refractivity contribution in [2.75, 3.05) is 7.11 Å². The van der Waals surface area contributed by atoms with Gasteiger partial charge in [0, 0.05) is 37.9 Å². The molecule has 0 bridgehead atoms. The van der Waals surface area contributed by atoms with Crippen LogP contribution in [-0.2, 0) is 39.1 Å². The molecule has 2 amide bonds. The van der Waals surface area contributed by atoms with Gasteiger partial charge in [-0.05, 0) is 79.3 Å². The van der Waals surface area contributed by atoms with E-state index in [1.54, 1.807) is 55.6 Å². The molecule has 0 aliphatic heterocycles. The highest BCUT2D eigenvalue weighted by molar-refractivity contribution is 7.89. The molecular formula is C29H34N4O5S. The third-order valence-electron chi connectivity index (χ3n) is 6.66. The van der Waals surface area contributed by atoms with Crippen molar-refractivity contribution in [3.05, 3.63) is 89.7 Å². The van der Waals surface area contributed by atoms with Gasteiger partial charge >= 0.3 is 0 Å². The minimum atomic E-state index is -3.53. The van der Waals surface area contributed by atoms with E-state index in [0.717, 1.165) is 29.5 Å². The molecule has 9 nitrogen and oxygen atoms in total. The second kappa shape index (κ2) is 12.9. The first-order valence-corrected chi connectivity index (χ1v) is 14.4. The Kier molecular flexibility index (Phi) is 9.32. The van der Waals surface area contributed by atoms with Crippen LogP contribution in [0.3, 0.4) is 0 Å². The lowest BCUT2D eigenvalue weighted by Crippen LogP contribution is -2.47. The number of carbonyl (C=O) groups excluding carboxylic acids is 2. The third-order valence-corrected chi connectivity index (χ3v) is 8.19. The van der Waals surface area contributed by atoms with Crippen LogP contribution in [0.4, 0.5) is 0 Å². The largest absolute Gasteiger partial charge is 0.497 e. The molecule has 4 rings (SSSR count). The van der Waals surface area contributed by atoms with Crippen LogP contribution in [0.1, 0.15) is 42.9 Å². The summed E-state index contributed by atoms with van der Waals surface area (Å²) in [6.45, 7) is 2.31. The molecule has 0 saturated heterocycles. The summed E-state index contributed by atoms with van der Waals surface area (Å²) in [6.07, 6.45) is 5.65. The van der Waals surface area contributed by atoms with Gasteiger partial charge in [-0.1, -0.05) is 24.3 Å². The lowest BCUT2D eigenvalue weighted by atomic mass is 10.1. The fourth-order valence-corrected chi connectivity index (χ4v) is 5.37. The van der Waals surface area contributed by atoms with Crippen LogP contribution in [0, 0.1) is 0 Å². The molecule has 1 atom stereocenters. The number of carbonyl (C=O) groups is 2. The summed E-state index contributed by atoms with van der Waals surface area (Å²) in [4.78, 5) is 32.2. The molecule has 1 aromatic heterocycles. The number of amides is 2. The molecule has 0 spiro atoms. The lowest BCUT2D eigenvalue weighted by molar-refractivity contribution is -0.140. The zero-order chi connectivity index (χ0) is 27.8. The first kappa shape index (κ1) is 28.3. The number of rotatable bonds is 13. The van der Waals surface area contributed by atoms with Gasteiger partial charge in [-0.2, -0.15) is 0 Å². The number of pyridine rings is 1. The molecule has 39 heavy (non-hydrogen) atoms. The fourth-order valence-electron chi connectivity index (χ4n) is 4.07. The van der Waals surface area contributed by atoms with Crippen LogP contribution in [0.15, 0.2) is 78.0 Å². The van der Waals surface area contributed by atoms with E-state index < -0.39 is 16.1 Å². The van der Waals surface area contributed by atoms with Crippen molar-refractivity contribution in [2.45, 2.75) is 62.7 Å². The second-order valence-electron chi connectivity index (χ2n) is 9.66. The number of aromatic nitrogens is 1. The van der Waals surface area contributed by atoms with Crippen molar-refractivity contribution in [2.24, 2.45) is 0 Å². The molecule has 1 aliphatic carbocycles. The normalized spacial score (nSPS) is 13.9. The monoisotopic (exact) mass is 550 g/mol. The Morgan fingerprint density at radius 3 is 2.23 bits per heavy atom. The first-order chi connectivity index (χ1) is 18.7. The molecule has 2 aromatic carbocycles. The number of ether oxygens (including phenoxy) is 1. The highest BCUT2D eigenvalue weighted by Crippen LogP contribution is 2.23. The predicted molar refractivity (Wildman–Crippen MR) is 147 cm³/mol. The number of hydrogen-bond acceptors (Lipinski definition) is 6. The molecule has 206 valence electrons. The molecule has 2 N–H and O–H groups in total. The van der Waals surface area contributed by atoms with Crippen molar-refractivity contribution in [1.29, 1.82) is 0 Å². The SMILES string of the molecule is COc1ccc(CN(C(=O)CCc2ccc(S(=O)(=O)NC3CC3)cc2)[C@@H](C)C(=O)NCc2ccncc2)cc1. The molecule has 0 radical (unpaired) electrons. The van der Waals surface area contributed by atoms with E-state index in [0.29, 0.717) is 18.7 Å². The average Bonchev–Trinajstić information content (AvgIpc) is 3.77. The lowest BCUT2D eigenvalue weighted by Gasteiger charge is -2.29. The average molecular weight is 551 g/mol. The Labute approximate surface area is 229 Å². The number of benzene rings is 2. The summed E-state index contributed by atoms with van der Waals surface area (Å²) >= 11 is 0. The summed E-state index contributed by atoms with van der Waals surface area (Å²) in [6, 6.07) is 16.9. The van der Waals surface area contributed by atoms with E-state index >= 15 is 0 Å². The van der Waals surface area contributed by atoms with Crippen LogP contribution in [0.5, 0.6) is 5.75 Å². The highest BCUT2D eigenvalue weighted by atomic mass is 32.2. The van der Waals surface area contributed by atoms with E-state index in [2.05, 4.69) is 15.0 Å². The topological polar surface area (TPSA) is 118 Å². The molecule has 10 heteroatoms.